The number of nitrogens with two attached hydrogens (primary N) is 1. The molecular weight excluding hydrogens is 240 g/mol. The zero-order valence-corrected chi connectivity index (χ0v) is 11.8. The summed E-state index contributed by atoms with van der Waals surface area (Å²) in [7, 11) is 5.30. The van der Waals surface area contributed by atoms with Gasteiger partial charge in [-0.3, -0.25) is 0 Å². The van der Waals surface area contributed by atoms with Gasteiger partial charge in [-0.1, -0.05) is 30.3 Å². The molecule has 0 atom stereocenters. The third kappa shape index (κ3) is 5.14. The minimum absolute atomic E-state index is 0.338. The smallest absolute Gasteiger partial charge is 0.335 e. The first kappa shape index (κ1) is 15.2. The van der Waals surface area contributed by atoms with E-state index in [9.17, 15) is 4.79 Å². The fraction of sp³-hybridized carbons (Fsp3) is 0.400. The van der Waals surface area contributed by atoms with Crippen LogP contribution < -0.4 is 5.73 Å². The molecule has 0 fully saturated rings. The highest BCUT2D eigenvalue weighted by atomic mass is 16.5. The van der Waals surface area contributed by atoms with E-state index >= 15 is 0 Å². The van der Waals surface area contributed by atoms with Crippen LogP contribution in [0.3, 0.4) is 0 Å². The Kier molecular flexibility index (Phi) is 6.09. The Bertz CT molecular complexity index is 439. The molecule has 4 nitrogen and oxygen atoms in total. The summed E-state index contributed by atoms with van der Waals surface area (Å²) in [6, 6.07) is 9.86. The van der Waals surface area contributed by atoms with Gasteiger partial charge < -0.3 is 15.4 Å². The number of hydrogen-bond donors (Lipinski definition) is 1. The molecule has 104 valence electrons. The van der Waals surface area contributed by atoms with Gasteiger partial charge in [-0.15, -0.1) is 0 Å². The maximum absolute atomic E-state index is 11.8. The zero-order valence-electron chi connectivity index (χ0n) is 11.8. The first-order valence-corrected chi connectivity index (χ1v) is 6.29. The van der Waals surface area contributed by atoms with E-state index in [1.807, 2.05) is 49.3 Å². The number of methoxy groups -OCH3 is 1. The number of carbonyl (C=O) groups excluding carboxylic acids is 1. The minimum atomic E-state index is -0.338. The number of rotatable bonds is 6. The number of carbonyl (C=O) groups is 1. The number of ether oxygens (including phenoxy) is 1. The topological polar surface area (TPSA) is 55.6 Å². The standard InChI is InChI=1S/C15H22N2O2/c1-17(2)10-9-13(15(18)19-3)14(16)11-12-7-5-4-6-8-12/h4-8H,9-11,16H2,1-3H3. The molecular formula is C15H22N2O2. The van der Waals surface area contributed by atoms with Gasteiger partial charge in [0.25, 0.3) is 0 Å². The molecule has 1 aromatic rings. The van der Waals surface area contributed by atoms with E-state index in [2.05, 4.69) is 0 Å². The Labute approximate surface area is 114 Å². The van der Waals surface area contributed by atoms with Crippen molar-refractivity contribution in [3.8, 4) is 0 Å². The highest BCUT2D eigenvalue weighted by Crippen LogP contribution is 2.13. The highest BCUT2D eigenvalue weighted by Gasteiger charge is 2.14. The van der Waals surface area contributed by atoms with Crippen molar-refractivity contribution in [3.05, 3.63) is 47.2 Å². The van der Waals surface area contributed by atoms with Crippen molar-refractivity contribution in [2.45, 2.75) is 12.8 Å². The van der Waals surface area contributed by atoms with Crippen LogP contribution in [0.1, 0.15) is 12.0 Å². The first-order chi connectivity index (χ1) is 9.04. The summed E-state index contributed by atoms with van der Waals surface area (Å²) in [5, 5.41) is 0. The van der Waals surface area contributed by atoms with Crippen molar-refractivity contribution in [1.82, 2.24) is 4.90 Å². The molecule has 1 rings (SSSR count). The SMILES string of the molecule is COC(=O)C(CCN(C)C)=C(N)Cc1ccccc1. The lowest BCUT2D eigenvalue weighted by Gasteiger charge is -2.13. The van der Waals surface area contributed by atoms with E-state index in [1.54, 1.807) is 0 Å². The normalized spacial score (nSPS) is 12.2. The Balaban J connectivity index is 2.86. The Hall–Kier alpha value is -1.81. The molecule has 0 saturated carbocycles. The van der Waals surface area contributed by atoms with Gasteiger partial charge in [0.2, 0.25) is 0 Å². The monoisotopic (exact) mass is 262 g/mol. The molecule has 1 aromatic carbocycles. The summed E-state index contributed by atoms with van der Waals surface area (Å²) in [6.07, 6.45) is 1.16. The summed E-state index contributed by atoms with van der Waals surface area (Å²) in [5.74, 6) is -0.338. The molecule has 0 saturated heterocycles. The molecule has 0 aliphatic rings. The van der Waals surface area contributed by atoms with Gasteiger partial charge in [-0.25, -0.2) is 4.79 Å². The van der Waals surface area contributed by atoms with Crippen LogP contribution >= 0.6 is 0 Å². The number of allylic oxidation sites excluding steroid dienone is 1. The molecule has 0 heterocycles. The van der Waals surface area contributed by atoms with Crippen LogP contribution in [0.2, 0.25) is 0 Å². The van der Waals surface area contributed by atoms with E-state index in [-0.39, 0.29) is 5.97 Å². The number of esters is 1. The summed E-state index contributed by atoms with van der Waals surface area (Å²) < 4.78 is 4.81. The molecule has 19 heavy (non-hydrogen) atoms. The molecule has 0 radical (unpaired) electrons. The van der Waals surface area contributed by atoms with Gasteiger partial charge >= 0.3 is 5.97 Å². The van der Waals surface area contributed by atoms with Crippen molar-refractivity contribution < 1.29 is 9.53 Å². The van der Waals surface area contributed by atoms with Gasteiger partial charge in [-0.2, -0.15) is 0 Å². The Morgan fingerprint density at radius 3 is 2.42 bits per heavy atom. The molecule has 0 amide bonds. The van der Waals surface area contributed by atoms with Crippen molar-refractivity contribution in [1.29, 1.82) is 0 Å². The molecule has 0 spiro atoms. The minimum Gasteiger partial charge on any atom is -0.466 e. The van der Waals surface area contributed by atoms with Crippen LogP contribution in [0.5, 0.6) is 0 Å². The Morgan fingerprint density at radius 1 is 1.26 bits per heavy atom. The second-order valence-corrected chi connectivity index (χ2v) is 4.71. The molecule has 0 aliphatic carbocycles. The van der Waals surface area contributed by atoms with Gasteiger partial charge in [0.05, 0.1) is 12.7 Å². The highest BCUT2D eigenvalue weighted by molar-refractivity contribution is 5.89. The lowest BCUT2D eigenvalue weighted by molar-refractivity contribution is -0.136. The molecule has 2 N–H and O–H groups in total. The van der Waals surface area contributed by atoms with Gasteiger partial charge in [0.15, 0.2) is 0 Å². The summed E-state index contributed by atoms with van der Waals surface area (Å²) in [6.45, 7) is 0.764. The van der Waals surface area contributed by atoms with E-state index in [0.717, 1.165) is 12.1 Å². The predicted octanol–water partition coefficient (Wildman–Crippen LogP) is 1.57. The van der Waals surface area contributed by atoms with Gasteiger partial charge in [-0.05, 0) is 26.1 Å². The molecule has 0 unspecified atom stereocenters. The maximum Gasteiger partial charge on any atom is 0.335 e. The van der Waals surface area contributed by atoms with Crippen LogP contribution in [-0.4, -0.2) is 38.6 Å². The van der Waals surface area contributed by atoms with Crippen molar-refractivity contribution in [2.75, 3.05) is 27.7 Å². The third-order valence-electron chi connectivity index (χ3n) is 2.87. The maximum atomic E-state index is 11.8. The zero-order chi connectivity index (χ0) is 14.3. The Morgan fingerprint density at radius 2 is 1.89 bits per heavy atom. The average molecular weight is 262 g/mol. The molecule has 0 aromatic heterocycles. The van der Waals surface area contributed by atoms with Gasteiger partial charge in [0.1, 0.15) is 0 Å². The van der Waals surface area contributed by atoms with Crippen molar-refractivity contribution in [3.63, 3.8) is 0 Å². The van der Waals surface area contributed by atoms with Gasteiger partial charge in [0, 0.05) is 18.7 Å². The van der Waals surface area contributed by atoms with E-state index in [4.69, 9.17) is 10.5 Å². The van der Waals surface area contributed by atoms with E-state index < -0.39 is 0 Å². The third-order valence-corrected chi connectivity index (χ3v) is 2.87. The fourth-order valence-corrected chi connectivity index (χ4v) is 1.77. The average Bonchev–Trinajstić information content (AvgIpc) is 2.39. The predicted molar refractivity (Wildman–Crippen MR) is 76.5 cm³/mol. The molecule has 0 bridgehead atoms. The van der Waals surface area contributed by atoms with Crippen LogP contribution in [0.4, 0.5) is 0 Å². The molecule has 4 heteroatoms. The summed E-state index contributed by atoms with van der Waals surface area (Å²) in [4.78, 5) is 13.8. The van der Waals surface area contributed by atoms with E-state index in [0.29, 0.717) is 24.1 Å². The number of nitrogens with zero attached hydrogens (tertiary/aromatic N) is 1. The van der Waals surface area contributed by atoms with Crippen LogP contribution in [0, 0.1) is 0 Å². The van der Waals surface area contributed by atoms with Crippen LogP contribution in [0.25, 0.3) is 0 Å². The van der Waals surface area contributed by atoms with Crippen LogP contribution in [0.15, 0.2) is 41.6 Å². The lowest BCUT2D eigenvalue weighted by atomic mass is 10.0. The summed E-state index contributed by atoms with van der Waals surface area (Å²) >= 11 is 0. The number of benzene rings is 1. The van der Waals surface area contributed by atoms with Crippen molar-refractivity contribution >= 4 is 5.97 Å². The lowest BCUT2D eigenvalue weighted by Crippen LogP contribution is -2.20. The van der Waals surface area contributed by atoms with E-state index in [1.165, 1.54) is 7.11 Å². The summed E-state index contributed by atoms with van der Waals surface area (Å²) in [5.41, 5.74) is 8.31. The van der Waals surface area contributed by atoms with Crippen molar-refractivity contribution in [2.24, 2.45) is 5.73 Å². The quantitative estimate of drug-likeness (QED) is 0.624. The number of hydrogen-bond acceptors (Lipinski definition) is 4. The fourth-order valence-electron chi connectivity index (χ4n) is 1.77. The first-order valence-electron chi connectivity index (χ1n) is 6.29. The van der Waals surface area contributed by atoms with Crippen LogP contribution in [-0.2, 0) is 16.0 Å². The second-order valence-electron chi connectivity index (χ2n) is 4.71. The molecule has 0 aliphatic heterocycles. The second kappa shape index (κ2) is 7.59. The largest absolute Gasteiger partial charge is 0.466 e.